The molecular formula is C38H40N3O3S2+. The summed E-state index contributed by atoms with van der Waals surface area (Å²) in [5.74, 6) is 1.63. The van der Waals surface area contributed by atoms with Crippen molar-refractivity contribution in [2.45, 2.75) is 63.8 Å². The van der Waals surface area contributed by atoms with Crippen molar-refractivity contribution in [3.05, 3.63) is 130 Å². The SMILES string of the molecule is C=CS(=O)(=O)c1ccc(CSC2=C(/C=C3/N(CC)c4ccccc4C3(C)C)C(=O)/C2=C\c2n(CC)c3ccccc3[n+]2CC)cc1. The molecular weight excluding hydrogens is 611 g/mol. The number of hydrogen-bond acceptors (Lipinski definition) is 5. The summed E-state index contributed by atoms with van der Waals surface area (Å²) in [7, 11) is -3.50. The van der Waals surface area contributed by atoms with E-state index in [1.165, 1.54) is 11.3 Å². The van der Waals surface area contributed by atoms with Crippen molar-refractivity contribution in [2.24, 2.45) is 0 Å². The number of sulfone groups is 1. The Morgan fingerprint density at radius 3 is 2.28 bits per heavy atom. The first-order valence-corrected chi connectivity index (χ1v) is 18.3. The number of para-hydroxylation sites is 3. The van der Waals surface area contributed by atoms with Crippen molar-refractivity contribution >= 4 is 50.2 Å². The van der Waals surface area contributed by atoms with E-state index in [0.29, 0.717) is 11.3 Å². The van der Waals surface area contributed by atoms with E-state index in [-0.39, 0.29) is 16.1 Å². The molecule has 0 radical (unpaired) electrons. The fraction of sp³-hybridized carbons (Fsp3) is 0.263. The van der Waals surface area contributed by atoms with Crippen LogP contribution in [-0.2, 0) is 38.9 Å². The number of aromatic nitrogens is 2. The van der Waals surface area contributed by atoms with Gasteiger partial charge in [-0.15, -0.1) is 11.8 Å². The van der Waals surface area contributed by atoms with E-state index in [4.69, 9.17) is 0 Å². The number of anilines is 1. The van der Waals surface area contributed by atoms with Crippen LogP contribution in [0.1, 0.15) is 51.6 Å². The lowest BCUT2D eigenvalue weighted by Crippen LogP contribution is -2.36. The molecule has 2 heterocycles. The fourth-order valence-electron chi connectivity index (χ4n) is 6.72. The largest absolute Gasteiger partial charge is 0.344 e. The highest BCUT2D eigenvalue weighted by atomic mass is 32.2. The molecule has 0 atom stereocenters. The first-order valence-electron chi connectivity index (χ1n) is 15.8. The number of thioether (sulfide) groups is 1. The molecule has 46 heavy (non-hydrogen) atoms. The summed E-state index contributed by atoms with van der Waals surface area (Å²) < 4.78 is 29.1. The average Bonchev–Trinajstić information content (AvgIpc) is 3.50. The Balaban J connectivity index is 1.47. The minimum atomic E-state index is -3.50. The molecule has 236 valence electrons. The number of hydrogen-bond donors (Lipinski definition) is 0. The van der Waals surface area contributed by atoms with Crippen molar-refractivity contribution in [3.63, 3.8) is 0 Å². The number of ketones is 1. The van der Waals surface area contributed by atoms with Gasteiger partial charge in [0.05, 0.1) is 18.0 Å². The second kappa shape index (κ2) is 12.2. The van der Waals surface area contributed by atoms with Crippen LogP contribution in [0.3, 0.4) is 0 Å². The predicted octanol–water partition coefficient (Wildman–Crippen LogP) is 7.74. The number of carbonyl (C=O) groups excluding carboxylic acids is 1. The van der Waals surface area contributed by atoms with Crippen molar-refractivity contribution in [1.82, 2.24) is 4.57 Å². The van der Waals surface area contributed by atoms with Crippen LogP contribution in [0, 0.1) is 0 Å². The summed E-state index contributed by atoms with van der Waals surface area (Å²) in [6.07, 6.45) is 4.17. The maximum absolute atomic E-state index is 14.2. The van der Waals surface area contributed by atoms with Crippen LogP contribution in [0.2, 0.25) is 0 Å². The highest BCUT2D eigenvalue weighted by molar-refractivity contribution is 8.02. The Labute approximate surface area is 276 Å². The van der Waals surface area contributed by atoms with Gasteiger partial charge in [-0.25, -0.2) is 17.6 Å². The topological polar surface area (TPSA) is 63.3 Å². The number of likely N-dealkylation sites (N-methyl/N-ethyl adjacent to an activating group) is 1. The summed E-state index contributed by atoms with van der Waals surface area (Å²) in [4.78, 5) is 17.7. The number of rotatable bonds is 10. The number of nitrogens with zero attached hydrogens (tertiary/aromatic N) is 3. The molecule has 3 aromatic carbocycles. The fourth-order valence-corrected chi connectivity index (χ4v) is 8.55. The smallest absolute Gasteiger partial charge is 0.283 e. The number of aryl methyl sites for hydroxylation is 2. The molecule has 0 amide bonds. The molecule has 0 saturated heterocycles. The Hall–Kier alpha value is -4.14. The molecule has 8 heteroatoms. The lowest BCUT2D eigenvalue weighted by atomic mass is 9.81. The zero-order valence-electron chi connectivity index (χ0n) is 27.1. The first-order chi connectivity index (χ1) is 22.1. The Morgan fingerprint density at radius 1 is 0.913 bits per heavy atom. The highest BCUT2D eigenvalue weighted by Crippen LogP contribution is 2.50. The number of imidazole rings is 1. The number of carbonyl (C=O) groups is 1. The van der Waals surface area contributed by atoms with Gasteiger partial charge in [-0.3, -0.25) is 4.79 Å². The maximum atomic E-state index is 14.2. The quantitative estimate of drug-likeness (QED) is 0.130. The molecule has 1 aliphatic heterocycles. The molecule has 1 aromatic heterocycles. The van der Waals surface area contributed by atoms with Gasteiger partial charge < -0.3 is 4.90 Å². The third kappa shape index (κ3) is 5.17. The van der Waals surface area contributed by atoms with Crippen molar-refractivity contribution in [2.75, 3.05) is 11.4 Å². The molecule has 6 rings (SSSR count). The molecule has 6 nitrogen and oxygen atoms in total. The van der Waals surface area contributed by atoms with E-state index < -0.39 is 9.84 Å². The van der Waals surface area contributed by atoms with Gasteiger partial charge in [0.25, 0.3) is 5.82 Å². The highest BCUT2D eigenvalue weighted by Gasteiger charge is 2.42. The number of fused-ring (bicyclic) bond motifs is 2. The molecule has 0 N–H and O–H groups in total. The maximum Gasteiger partial charge on any atom is 0.283 e. The molecule has 4 aromatic rings. The van der Waals surface area contributed by atoms with Gasteiger partial charge in [0.2, 0.25) is 0 Å². The van der Waals surface area contributed by atoms with E-state index in [1.807, 2.05) is 12.1 Å². The standard InChI is InChI=1S/C38H40N3O3S2/c1-7-39-31-16-12-11-15-30(31)38(5,6)34(39)23-28-36(42)29(24-35-40(8-2)32-17-13-14-18-33(32)41(35)9-3)37(28)45-25-26-19-21-27(22-20-26)46(43,44)10-4/h10-24H,4,7-9,25H2,1-3,5-6H3/q+1. The van der Waals surface area contributed by atoms with Gasteiger partial charge in [-0.05, 0) is 68.3 Å². The van der Waals surface area contributed by atoms with E-state index in [0.717, 1.165) is 63.6 Å². The van der Waals surface area contributed by atoms with Gasteiger partial charge in [0, 0.05) is 56.6 Å². The van der Waals surface area contributed by atoms with Crippen LogP contribution < -0.4 is 9.47 Å². The van der Waals surface area contributed by atoms with Crippen LogP contribution >= 0.6 is 11.8 Å². The second-order valence-corrected chi connectivity index (χ2v) is 14.9. The third-order valence-corrected chi connectivity index (χ3v) is 11.7. The monoisotopic (exact) mass is 650 g/mol. The molecule has 0 unspecified atom stereocenters. The number of Topliss-reactive ketones (excluding diaryl/α,β-unsaturated/α-hetero) is 1. The van der Waals surface area contributed by atoms with E-state index in [9.17, 15) is 13.2 Å². The van der Waals surface area contributed by atoms with Crippen molar-refractivity contribution in [3.8, 4) is 0 Å². The van der Waals surface area contributed by atoms with Gasteiger partial charge >= 0.3 is 0 Å². The summed E-state index contributed by atoms with van der Waals surface area (Å²) in [5, 5.41) is 0.971. The van der Waals surface area contributed by atoms with Crippen molar-refractivity contribution < 1.29 is 17.8 Å². The van der Waals surface area contributed by atoms with Gasteiger partial charge in [0.15, 0.2) is 26.7 Å². The van der Waals surface area contributed by atoms with Crippen LogP contribution in [0.5, 0.6) is 0 Å². The molecule has 2 aliphatic rings. The summed E-state index contributed by atoms with van der Waals surface area (Å²) in [5.41, 5.74) is 7.98. The minimum absolute atomic E-state index is 0.0424. The van der Waals surface area contributed by atoms with E-state index in [1.54, 1.807) is 23.9 Å². The lowest BCUT2D eigenvalue weighted by molar-refractivity contribution is -0.670. The summed E-state index contributed by atoms with van der Waals surface area (Å²) in [6.45, 7) is 16.7. The van der Waals surface area contributed by atoms with Crippen LogP contribution in [0.15, 0.2) is 118 Å². The summed E-state index contributed by atoms with van der Waals surface area (Å²) >= 11 is 1.62. The molecule has 0 bridgehead atoms. The van der Waals surface area contributed by atoms with Crippen molar-refractivity contribution in [1.29, 1.82) is 0 Å². The van der Waals surface area contributed by atoms with Gasteiger partial charge in [-0.2, -0.15) is 0 Å². The second-order valence-electron chi connectivity index (χ2n) is 12.0. The van der Waals surface area contributed by atoms with E-state index in [2.05, 4.69) is 116 Å². The molecule has 0 spiro atoms. The van der Waals surface area contributed by atoms with Gasteiger partial charge in [-0.1, -0.05) is 62.9 Å². The molecule has 1 aliphatic carbocycles. The lowest BCUT2D eigenvalue weighted by Gasteiger charge is -2.29. The normalized spacial score (nSPS) is 17.7. The third-order valence-electron chi connectivity index (χ3n) is 9.15. The molecule has 0 fully saturated rings. The van der Waals surface area contributed by atoms with E-state index >= 15 is 0 Å². The van der Waals surface area contributed by atoms with Crippen LogP contribution in [0.4, 0.5) is 5.69 Å². The Kier molecular flexibility index (Phi) is 8.46. The number of benzene rings is 3. The minimum Gasteiger partial charge on any atom is -0.344 e. The van der Waals surface area contributed by atoms with Crippen LogP contribution in [-0.4, -0.2) is 25.3 Å². The zero-order valence-corrected chi connectivity index (χ0v) is 28.7. The van der Waals surface area contributed by atoms with Crippen LogP contribution in [0.25, 0.3) is 17.1 Å². The predicted molar refractivity (Wildman–Crippen MR) is 189 cm³/mol. The Morgan fingerprint density at radius 2 is 1.61 bits per heavy atom. The molecule has 0 saturated carbocycles. The summed E-state index contributed by atoms with van der Waals surface area (Å²) in [6, 6.07) is 23.8. The average molecular weight is 651 g/mol. The van der Waals surface area contributed by atoms with Gasteiger partial charge in [0.1, 0.15) is 0 Å². The first kappa shape index (κ1) is 31.8. The zero-order chi connectivity index (χ0) is 32.8. The Bertz CT molecular complexity index is 2040. The number of allylic oxidation sites excluding steroid dienone is 4.